The lowest BCUT2D eigenvalue weighted by Crippen LogP contribution is -2.34. The second-order valence-electron chi connectivity index (χ2n) is 6.30. The van der Waals surface area contributed by atoms with Crippen LogP contribution in [-0.2, 0) is 4.74 Å². The fourth-order valence-electron chi connectivity index (χ4n) is 2.11. The highest BCUT2D eigenvalue weighted by molar-refractivity contribution is 5.69. The van der Waals surface area contributed by atoms with Gasteiger partial charge in [-0.05, 0) is 31.9 Å². The number of alkyl carbamates (subject to hydrolysis) is 1. The summed E-state index contributed by atoms with van der Waals surface area (Å²) < 4.78 is 5.36. The zero-order valence-corrected chi connectivity index (χ0v) is 13.8. The van der Waals surface area contributed by atoms with Crippen LogP contribution in [0.3, 0.4) is 0 Å². The van der Waals surface area contributed by atoms with E-state index in [0.717, 1.165) is 11.1 Å². The molecule has 2 aromatic carbocycles. The van der Waals surface area contributed by atoms with E-state index in [4.69, 9.17) is 4.74 Å². The minimum Gasteiger partial charge on any atom is -0.444 e. The maximum Gasteiger partial charge on any atom is 0.408 e. The number of ether oxygens (including phenoxy) is 1. The minimum absolute atomic E-state index is 0.244. The van der Waals surface area contributed by atoms with Gasteiger partial charge in [-0.3, -0.25) is 0 Å². The van der Waals surface area contributed by atoms with Crippen LogP contribution in [0.2, 0.25) is 0 Å². The first-order chi connectivity index (χ1) is 10.9. The van der Waals surface area contributed by atoms with Crippen LogP contribution in [0.15, 0.2) is 66.7 Å². The normalized spacial score (nSPS) is 12.8. The van der Waals surface area contributed by atoms with Gasteiger partial charge in [0.15, 0.2) is 0 Å². The van der Waals surface area contributed by atoms with Crippen LogP contribution < -0.4 is 5.32 Å². The first kappa shape index (κ1) is 16.8. The maximum atomic E-state index is 12.1. The maximum absolute atomic E-state index is 12.1. The zero-order valence-electron chi connectivity index (χ0n) is 13.8. The highest BCUT2D eigenvalue weighted by atomic mass is 16.6. The molecule has 2 rings (SSSR count). The van der Waals surface area contributed by atoms with Crippen molar-refractivity contribution in [2.75, 3.05) is 0 Å². The number of carbonyl (C=O) groups excluding carboxylic acids is 1. The molecule has 3 nitrogen and oxygen atoms in total. The fourth-order valence-corrected chi connectivity index (χ4v) is 2.11. The molecule has 0 aliphatic carbocycles. The lowest BCUT2D eigenvalue weighted by Gasteiger charge is -2.22. The van der Waals surface area contributed by atoms with Gasteiger partial charge >= 0.3 is 6.09 Å². The number of benzene rings is 2. The monoisotopic (exact) mass is 309 g/mol. The van der Waals surface area contributed by atoms with Gasteiger partial charge in [0.05, 0.1) is 6.04 Å². The van der Waals surface area contributed by atoms with E-state index < -0.39 is 11.7 Å². The zero-order chi connectivity index (χ0) is 16.7. The number of amides is 1. The lowest BCUT2D eigenvalue weighted by molar-refractivity contribution is 0.0514. The largest absolute Gasteiger partial charge is 0.444 e. The summed E-state index contributed by atoms with van der Waals surface area (Å²) in [5.41, 5.74) is 1.57. The van der Waals surface area contributed by atoms with Gasteiger partial charge < -0.3 is 10.1 Å². The van der Waals surface area contributed by atoms with Crippen molar-refractivity contribution < 1.29 is 9.53 Å². The molecule has 120 valence electrons. The van der Waals surface area contributed by atoms with E-state index in [2.05, 4.69) is 5.32 Å². The summed E-state index contributed by atoms with van der Waals surface area (Å²) in [6.45, 7) is 5.55. The van der Waals surface area contributed by atoms with E-state index in [0.29, 0.717) is 0 Å². The Morgan fingerprint density at radius 1 is 1.00 bits per heavy atom. The molecule has 1 unspecified atom stereocenters. The van der Waals surface area contributed by atoms with Gasteiger partial charge in [-0.15, -0.1) is 0 Å². The molecule has 0 aliphatic heterocycles. The van der Waals surface area contributed by atoms with Crippen LogP contribution in [0.5, 0.6) is 0 Å². The third-order valence-corrected chi connectivity index (χ3v) is 3.11. The van der Waals surface area contributed by atoms with Crippen molar-refractivity contribution in [2.45, 2.75) is 32.4 Å². The second-order valence-corrected chi connectivity index (χ2v) is 6.30. The van der Waals surface area contributed by atoms with Crippen LogP contribution in [0.25, 0.3) is 6.08 Å². The molecule has 0 heterocycles. The summed E-state index contributed by atoms with van der Waals surface area (Å²) >= 11 is 0. The summed E-state index contributed by atoms with van der Waals surface area (Å²) in [5.74, 6) is 0. The van der Waals surface area contributed by atoms with Crippen molar-refractivity contribution in [3.63, 3.8) is 0 Å². The van der Waals surface area contributed by atoms with E-state index >= 15 is 0 Å². The molecule has 0 aliphatic rings. The van der Waals surface area contributed by atoms with E-state index in [-0.39, 0.29) is 6.04 Å². The summed E-state index contributed by atoms with van der Waals surface area (Å²) in [7, 11) is 0. The summed E-state index contributed by atoms with van der Waals surface area (Å²) in [4.78, 5) is 12.1. The van der Waals surface area contributed by atoms with Gasteiger partial charge in [0.2, 0.25) is 0 Å². The van der Waals surface area contributed by atoms with Gasteiger partial charge in [-0.1, -0.05) is 72.8 Å². The minimum atomic E-state index is -0.519. The third kappa shape index (κ3) is 5.99. The van der Waals surface area contributed by atoms with Crippen LogP contribution in [0, 0.1) is 0 Å². The molecule has 0 bridgehead atoms. The van der Waals surface area contributed by atoms with Gasteiger partial charge in [0, 0.05) is 0 Å². The molecule has 0 saturated carbocycles. The SMILES string of the molecule is CC(C)(C)OC(=O)NC(/C=C/c1ccccc1)c1ccccc1. The van der Waals surface area contributed by atoms with Crippen molar-refractivity contribution in [3.8, 4) is 0 Å². The number of hydrogen-bond donors (Lipinski definition) is 1. The van der Waals surface area contributed by atoms with Gasteiger partial charge in [0.25, 0.3) is 0 Å². The highest BCUT2D eigenvalue weighted by Crippen LogP contribution is 2.17. The van der Waals surface area contributed by atoms with Crippen LogP contribution >= 0.6 is 0 Å². The Morgan fingerprint density at radius 3 is 2.13 bits per heavy atom. The fraction of sp³-hybridized carbons (Fsp3) is 0.250. The van der Waals surface area contributed by atoms with E-state index in [1.807, 2.05) is 93.6 Å². The Labute approximate surface area is 138 Å². The Kier molecular flexibility index (Phi) is 5.58. The van der Waals surface area contributed by atoms with E-state index in [1.165, 1.54) is 0 Å². The Morgan fingerprint density at radius 2 is 1.57 bits per heavy atom. The van der Waals surface area contributed by atoms with Crippen molar-refractivity contribution in [1.29, 1.82) is 0 Å². The smallest absolute Gasteiger partial charge is 0.408 e. The first-order valence-electron chi connectivity index (χ1n) is 7.72. The molecule has 0 saturated heterocycles. The molecule has 3 heteroatoms. The molecule has 1 N–H and O–H groups in total. The van der Waals surface area contributed by atoms with Crippen molar-refractivity contribution in [1.82, 2.24) is 5.32 Å². The third-order valence-electron chi connectivity index (χ3n) is 3.11. The molecular formula is C20H23NO2. The lowest BCUT2D eigenvalue weighted by atomic mass is 10.1. The Balaban J connectivity index is 2.16. The van der Waals surface area contributed by atoms with Crippen LogP contribution in [0.1, 0.15) is 37.9 Å². The van der Waals surface area contributed by atoms with Crippen molar-refractivity contribution in [3.05, 3.63) is 77.9 Å². The number of carbonyl (C=O) groups is 1. The van der Waals surface area contributed by atoms with Gasteiger partial charge in [-0.25, -0.2) is 4.79 Å². The summed E-state index contributed by atoms with van der Waals surface area (Å²) in [5, 5.41) is 2.91. The molecule has 0 radical (unpaired) electrons. The number of nitrogens with one attached hydrogen (secondary N) is 1. The molecule has 1 atom stereocenters. The van der Waals surface area contributed by atoms with Crippen LogP contribution in [-0.4, -0.2) is 11.7 Å². The second kappa shape index (κ2) is 7.63. The van der Waals surface area contributed by atoms with Gasteiger partial charge in [0.1, 0.15) is 5.60 Å². The standard InChI is InChI=1S/C20H23NO2/c1-20(2,3)23-19(22)21-18(17-12-8-5-9-13-17)15-14-16-10-6-4-7-11-16/h4-15,18H,1-3H3,(H,21,22)/b15-14+. The molecule has 0 spiro atoms. The topological polar surface area (TPSA) is 38.3 Å². The van der Waals surface area contributed by atoms with Crippen molar-refractivity contribution >= 4 is 12.2 Å². The predicted molar refractivity (Wildman–Crippen MR) is 94.0 cm³/mol. The Hall–Kier alpha value is -2.55. The first-order valence-corrected chi connectivity index (χ1v) is 7.72. The summed E-state index contributed by atoms with van der Waals surface area (Å²) in [6, 6.07) is 19.6. The highest BCUT2D eigenvalue weighted by Gasteiger charge is 2.19. The molecule has 1 amide bonds. The molecule has 23 heavy (non-hydrogen) atoms. The predicted octanol–water partition coefficient (Wildman–Crippen LogP) is 4.97. The summed E-state index contributed by atoms with van der Waals surface area (Å²) in [6.07, 6.45) is 3.54. The van der Waals surface area contributed by atoms with E-state index in [1.54, 1.807) is 0 Å². The molecule has 0 aromatic heterocycles. The quantitative estimate of drug-likeness (QED) is 0.866. The Bertz CT molecular complexity index is 642. The number of rotatable bonds is 4. The van der Waals surface area contributed by atoms with Crippen LogP contribution in [0.4, 0.5) is 4.79 Å². The molecular weight excluding hydrogens is 286 g/mol. The van der Waals surface area contributed by atoms with Crippen molar-refractivity contribution in [2.24, 2.45) is 0 Å². The number of hydrogen-bond acceptors (Lipinski definition) is 2. The average Bonchev–Trinajstić information content (AvgIpc) is 2.51. The van der Waals surface area contributed by atoms with E-state index in [9.17, 15) is 4.79 Å². The molecule has 0 fully saturated rings. The average molecular weight is 309 g/mol. The molecule has 2 aromatic rings. The van der Waals surface area contributed by atoms with Gasteiger partial charge in [-0.2, -0.15) is 0 Å².